The third-order valence-corrected chi connectivity index (χ3v) is 2.76. The Balaban J connectivity index is 2.40. The van der Waals surface area contributed by atoms with Crippen LogP contribution in [0.25, 0.3) is 0 Å². The van der Waals surface area contributed by atoms with Crippen molar-refractivity contribution in [3.63, 3.8) is 0 Å². The average Bonchev–Trinajstić information content (AvgIpc) is 2.39. The Morgan fingerprint density at radius 2 is 1.74 bits per heavy atom. The summed E-state index contributed by atoms with van der Waals surface area (Å²) in [6, 6.07) is 7.19. The first-order chi connectivity index (χ1) is 9.02. The van der Waals surface area contributed by atoms with Crippen molar-refractivity contribution in [1.29, 1.82) is 0 Å². The highest BCUT2D eigenvalue weighted by molar-refractivity contribution is 5.80. The van der Waals surface area contributed by atoms with E-state index >= 15 is 0 Å². The molecule has 19 heavy (non-hydrogen) atoms. The van der Waals surface area contributed by atoms with E-state index in [0.29, 0.717) is 18.2 Å². The number of carbonyl (C=O) groups excluding carboxylic acids is 1. The summed E-state index contributed by atoms with van der Waals surface area (Å²) in [5, 5.41) is 2.87. The molecule has 1 rings (SSSR count). The standard InChI is InChI=1S/C15H23NO3/c1-11(2)9-10-16-15(17)12(3)19-14-7-5-13(18-4)6-8-14/h5-8,11-12H,9-10H2,1-4H3,(H,16,17)/t12-/m1/s1. The van der Waals surface area contributed by atoms with Crippen molar-refractivity contribution in [2.75, 3.05) is 13.7 Å². The van der Waals surface area contributed by atoms with Crippen LogP contribution in [-0.2, 0) is 4.79 Å². The molecule has 4 nitrogen and oxygen atoms in total. The van der Waals surface area contributed by atoms with Gasteiger partial charge < -0.3 is 14.8 Å². The Bertz CT molecular complexity index is 387. The lowest BCUT2D eigenvalue weighted by molar-refractivity contribution is -0.127. The van der Waals surface area contributed by atoms with Gasteiger partial charge in [0.1, 0.15) is 11.5 Å². The minimum atomic E-state index is -0.499. The monoisotopic (exact) mass is 265 g/mol. The second-order valence-corrected chi connectivity index (χ2v) is 4.91. The molecule has 0 saturated carbocycles. The molecule has 0 fully saturated rings. The van der Waals surface area contributed by atoms with Crippen molar-refractivity contribution in [3.8, 4) is 11.5 Å². The number of amides is 1. The van der Waals surface area contributed by atoms with E-state index in [1.54, 1.807) is 38.3 Å². The highest BCUT2D eigenvalue weighted by Crippen LogP contribution is 2.18. The first kappa shape index (κ1) is 15.3. The summed E-state index contributed by atoms with van der Waals surface area (Å²) in [6.45, 7) is 6.69. The number of benzene rings is 1. The molecular formula is C15H23NO3. The van der Waals surface area contributed by atoms with Crippen LogP contribution in [0.3, 0.4) is 0 Å². The van der Waals surface area contributed by atoms with Gasteiger partial charge >= 0.3 is 0 Å². The molecule has 0 aromatic heterocycles. The van der Waals surface area contributed by atoms with E-state index in [2.05, 4.69) is 19.2 Å². The van der Waals surface area contributed by atoms with Crippen LogP contribution in [-0.4, -0.2) is 25.7 Å². The largest absolute Gasteiger partial charge is 0.497 e. The van der Waals surface area contributed by atoms with Crippen molar-refractivity contribution in [3.05, 3.63) is 24.3 Å². The van der Waals surface area contributed by atoms with E-state index in [1.807, 2.05) is 0 Å². The Morgan fingerprint density at radius 3 is 2.26 bits per heavy atom. The van der Waals surface area contributed by atoms with Gasteiger partial charge in [0.15, 0.2) is 6.10 Å². The second kappa shape index (κ2) is 7.67. The van der Waals surface area contributed by atoms with Crippen LogP contribution in [0.15, 0.2) is 24.3 Å². The minimum absolute atomic E-state index is 0.0866. The maximum absolute atomic E-state index is 11.8. The van der Waals surface area contributed by atoms with E-state index < -0.39 is 6.10 Å². The molecular weight excluding hydrogens is 242 g/mol. The molecule has 1 amide bonds. The lowest BCUT2D eigenvalue weighted by atomic mass is 10.1. The van der Waals surface area contributed by atoms with Crippen molar-refractivity contribution in [2.45, 2.75) is 33.3 Å². The molecule has 1 atom stereocenters. The molecule has 106 valence electrons. The fourth-order valence-electron chi connectivity index (χ4n) is 1.54. The molecule has 0 unspecified atom stereocenters. The summed E-state index contributed by atoms with van der Waals surface area (Å²) >= 11 is 0. The molecule has 0 aliphatic heterocycles. The van der Waals surface area contributed by atoms with Gasteiger partial charge in [-0.2, -0.15) is 0 Å². The molecule has 0 heterocycles. The third kappa shape index (κ3) is 5.64. The number of carbonyl (C=O) groups is 1. The molecule has 0 bridgehead atoms. The molecule has 1 N–H and O–H groups in total. The Hall–Kier alpha value is -1.71. The molecule has 1 aromatic carbocycles. The van der Waals surface area contributed by atoms with Gasteiger partial charge in [0.2, 0.25) is 0 Å². The van der Waals surface area contributed by atoms with Crippen molar-refractivity contribution in [1.82, 2.24) is 5.32 Å². The second-order valence-electron chi connectivity index (χ2n) is 4.91. The predicted octanol–water partition coefficient (Wildman–Crippen LogP) is 2.62. The first-order valence-corrected chi connectivity index (χ1v) is 6.61. The predicted molar refractivity (Wildman–Crippen MR) is 75.5 cm³/mol. The molecule has 0 radical (unpaired) electrons. The summed E-state index contributed by atoms with van der Waals surface area (Å²) in [5.41, 5.74) is 0. The van der Waals surface area contributed by atoms with Gasteiger partial charge in [0.05, 0.1) is 7.11 Å². The summed E-state index contributed by atoms with van der Waals surface area (Å²) < 4.78 is 10.6. The van der Waals surface area contributed by atoms with Crippen molar-refractivity contribution >= 4 is 5.91 Å². The Kier molecular flexibility index (Phi) is 6.19. The van der Waals surface area contributed by atoms with Crippen LogP contribution in [0.5, 0.6) is 11.5 Å². The molecule has 0 spiro atoms. The number of nitrogens with one attached hydrogen (secondary N) is 1. The van der Waals surface area contributed by atoms with Gasteiger partial charge in [-0.15, -0.1) is 0 Å². The van der Waals surface area contributed by atoms with Gasteiger partial charge in [0, 0.05) is 6.54 Å². The molecule has 0 aliphatic carbocycles. The van der Waals surface area contributed by atoms with Crippen LogP contribution in [0.2, 0.25) is 0 Å². The maximum atomic E-state index is 11.8. The number of methoxy groups -OCH3 is 1. The van der Waals surface area contributed by atoms with Crippen LogP contribution >= 0.6 is 0 Å². The molecule has 1 aromatic rings. The van der Waals surface area contributed by atoms with Gasteiger partial charge in [-0.25, -0.2) is 0 Å². The topological polar surface area (TPSA) is 47.6 Å². The smallest absolute Gasteiger partial charge is 0.260 e. The van der Waals surface area contributed by atoms with Gasteiger partial charge in [-0.1, -0.05) is 13.8 Å². The summed E-state index contributed by atoms with van der Waals surface area (Å²) in [7, 11) is 1.61. The third-order valence-electron chi connectivity index (χ3n) is 2.76. The summed E-state index contributed by atoms with van der Waals surface area (Å²) in [5.74, 6) is 1.92. The zero-order chi connectivity index (χ0) is 14.3. The van der Waals surface area contributed by atoms with Crippen molar-refractivity contribution < 1.29 is 14.3 Å². The zero-order valence-electron chi connectivity index (χ0n) is 12.1. The number of ether oxygens (including phenoxy) is 2. The molecule has 0 saturated heterocycles. The quantitative estimate of drug-likeness (QED) is 0.824. The van der Waals surface area contributed by atoms with Gasteiger partial charge in [-0.05, 0) is 43.5 Å². The lowest BCUT2D eigenvalue weighted by Crippen LogP contribution is -2.37. The molecule has 0 aliphatic rings. The van der Waals surface area contributed by atoms with Crippen LogP contribution in [0.1, 0.15) is 27.2 Å². The zero-order valence-corrected chi connectivity index (χ0v) is 12.1. The average molecular weight is 265 g/mol. The van der Waals surface area contributed by atoms with Gasteiger partial charge in [0.25, 0.3) is 5.91 Å². The minimum Gasteiger partial charge on any atom is -0.497 e. The highest BCUT2D eigenvalue weighted by atomic mass is 16.5. The van der Waals surface area contributed by atoms with Crippen LogP contribution in [0, 0.1) is 5.92 Å². The number of hydrogen-bond acceptors (Lipinski definition) is 3. The fraction of sp³-hybridized carbons (Fsp3) is 0.533. The molecule has 4 heteroatoms. The Morgan fingerprint density at radius 1 is 1.16 bits per heavy atom. The number of rotatable bonds is 7. The van der Waals surface area contributed by atoms with Crippen molar-refractivity contribution in [2.24, 2.45) is 5.92 Å². The van der Waals surface area contributed by atoms with Gasteiger partial charge in [-0.3, -0.25) is 4.79 Å². The summed E-state index contributed by atoms with van der Waals surface area (Å²) in [6.07, 6.45) is 0.474. The highest BCUT2D eigenvalue weighted by Gasteiger charge is 2.14. The van der Waals surface area contributed by atoms with E-state index in [0.717, 1.165) is 12.2 Å². The maximum Gasteiger partial charge on any atom is 0.260 e. The fourth-order valence-corrected chi connectivity index (χ4v) is 1.54. The van der Waals surface area contributed by atoms with Crippen LogP contribution in [0.4, 0.5) is 0 Å². The Labute approximate surface area is 115 Å². The van der Waals surface area contributed by atoms with E-state index in [9.17, 15) is 4.79 Å². The SMILES string of the molecule is COc1ccc(O[C@H](C)C(=O)NCCC(C)C)cc1. The number of hydrogen-bond donors (Lipinski definition) is 1. The normalized spacial score (nSPS) is 12.1. The summed E-state index contributed by atoms with van der Waals surface area (Å²) in [4.78, 5) is 11.8. The van der Waals surface area contributed by atoms with E-state index in [4.69, 9.17) is 9.47 Å². The van der Waals surface area contributed by atoms with Crippen LogP contribution < -0.4 is 14.8 Å². The first-order valence-electron chi connectivity index (χ1n) is 6.61. The van der Waals surface area contributed by atoms with E-state index in [-0.39, 0.29) is 5.91 Å². The lowest BCUT2D eigenvalue weighted by Gasteiger charge is -2.15. The van der Waals surface area contributed by atoms with E-state index in [1.165, 1.54) is 0 Å².